The third-order valence-electron chi connectivity index (χ3n) is 5.52. The van der Waals surface area contributed by atoms with Crippen LogP contribution in [0.1, 0.15) is 47.0 Å². The number of nitrogens with zero attached hydrogens (tertiary/aromatic N) is 2. The molecule has 27 heavy (non-hydrogen) atoms. The zero-order valence-electron chi connectivity index (χ0n) is 17.2. The zero-order valence-corrected chi connectivity index (χ0v) is 17.2. The van der Waals surface area contributed by atoms with Crippen molar-refractivity contribution in [2.75, 3.05) is 24.5 Å². The summed E-state index contributed by atoms with van der Waals surface area (Å²) in [6, 6.07) is 10.6. The number of amides is 2. The molecule has 2 N–H and O–H groups in total. The van der Waals surface area contributed by atoms with Crippen LogP contribution < -0.4 is 10.6 Å². The molecule has 2 rings (SSSR count). The number of anilines is 1. The fourth-order valence-corrected chi connectivity index (χ4v) is 4.19. The number of hydrogen-bond donors (Lipinski definition) is 1. The topological polar surface area (TPSA) is 66.6 Å². The minimum absolute atomic E-state index is 0.0977. The van der Waals surface area contributed by atoms with Crippen LogP contribution >= 0.6 is 0 Å². The Labute approximate surface area is 163 Å². The van der Waals surface area contributed by atoms with E-state index in [4.69, 9.17) is 5.73 Å². The lowest BCUT2D eigenvalue weighted by molar-refractivity contribution is -0.142. The highest BCUT2D eigenvalue weighted by Gasteiger charge is 2.37. The van der Waals surface area contributed by atoms with Gasteiger partial charge < -0.3 is 15.5 Å². The molecule has 3 unspecified atom stereocenters. The number of benzene rings is 1. The molecular formula is C22H35N3O2. The monoisotopic (exact) mass is 373 g/mol. The molecular weight excluding hydrogens is 338 g/mol. The fourth-order valence-electron chi connectivity index (χ4n) is 4.19. The average molecular weight is 374 g/mol. The number of hydrogen-bond acceptors (Lipinski definition) is 3. The molecule has 1 fully saturated rings. The molecule has 0 aliphatic carbocycles. The van der Waals surface area contributed by atoms with Crippen LogP contribution in [0.2, 0.25) is 0 Å². The Balaban J connectivity index is 2.12. The van der Waals surface area contributed by atoms with Crippen molar-refractivity contribution in [1.82, 2.24) is 4.90 Å². The second-order valence-corrected chi connectivity index (χ2v) is 8.20. The second kappa shape index (κ2) is 9.77. The summed E-state index contributed by atoms with van der Waals surface area (Å²) in [6.45, 7) is 10.6. The number of piperazine rings is 1. The third-order valence-corrected chi connectivity index (χ3v) is 5.52. The van der Waals surface area contributed by atoms with E-state index >= 15 is 0 Å². The predicted octanol–water partition coefficient (Wildman–Crippen LogP) is 3.29. The summed E-state index contributed by atoms with van der Waals surface area (Å²) in [5, 5.41) is 0. The molecule has 150 valence electrons. The lowest BCUT2D eigenvalue weighted by atomic mass is 9.81. The van der Waals surface area contributed by atoms with Gasteiger partial charge in [0.1, 0.15) is 0 Å². The predicted molar refractivity (Wildman–Crippen MR) is 110 cm³/mol. The van der Waals surface area contributed by atoms with Crippen molar-refractivity contribution in [1.29, 1.82) is 0 Å². The maximum absolute atomic E-state index is 13.3. The van der Waals surface area contributed by atoms with Gasteiger partial charge in [-0.2, -0.15) is 0 Å². The van der Waals surface area contributed by atoms with Gasteiger partial charge in [-0.25, -0.2) is 0 Å². The normalized spacial score (nSPS) is 19.8. The number of nitrogens with two attached hydrogens (primary N) is 1. The van der Waals surface area contributed by atoms with Crippen LogP contribution in [0, 0.1) is 17.8 Å². The van der Waals surface area contributed by atoms with Gasteiger partial charge >= 0.3 is 0 Å². The summed E-state index contributed by atoms with van der Waals surface area (Å²) in [6.07, 6.45) is 2.24. The molecule has 1 aliphatic rings. The highest BCUT2D eigenvalue weighted by Crippen LogP contribution is 2.28. The van der Waals surface area contributed by atoms with Gasteiger partial charge in [0.25, 0.3) is 0 Å². The van der Waals surface area contributed by atoms with Crippen molar-refractivity contribution in [3.05, 3.63) is 30.3 Å². The second-order valence-electron chi connectivity index (χ2n) is 8.20. The van der Waals surface area contributed by atoms with Crippen LogP contribution in [-0.2, 0) is 9.59 Å². The van der Waals surface area contributed by atoms with Crippen molar-refractivity contribution >= 4 is 17.5 Å². The number of rotatable bonds is 8. The number of carbonyl (C=O) groups is 2. The molecule has 0 spiro atoms. The quantitative estimate of drug-likeness (QED) is 0.760. The van der Waals surface area contributed by atoms with E-state index in [0.29, 0.717) is 31.8 Å². The first-order valence-electron chi connectivity index (χ1n) is 10.2. The van der Waals surface area contributed by atoms with Gasteiger partial charge in [0.15, 0.2) is 0 Å². The van der Waals surface area contributed by atoms with E-state index in [9.17, 15) is 9.59 Å². The van der Waals surface area contributed by atoms with E-state index < -0.39 is 0 Å². The molecule has 0 radical (unpaired) electrons. The Hall–Kier alpha value is -2.04. The minimum atomic E-state index is -0.368. The van der Waals surface area contributed by atoms with Crippen LogP contribution in [0.5, 0.6) is 0 Å². The summed E-state index contributed by atoms with van der Waals surface area (Å²) in [5.74, 6) is -0.571. The van der Waals surface area contributed by atoms with E-state index in [-0.39, 0.29) is 29.7 Å². The largest absolute Gasteiger partial charge is 0.369 e. The maximum atomic E-state index is 13.3. The molecule has 1 heterocycles. The number of para-hydroxylation sites is 1. The van der Waals surface area contributed by atoms with E-state index in [1.54, 1.807) is 0 Å². The minimum Gasteiger partial charge on any atom is -0.369 e. The van der Waals surface area contributed by atoms with Crippen molar-refractivity contribution in [2.24, 2.45) is 23.5 Å². The lowest BCUT2D eigenvalue weighted by Gasteiger charge is -2.43. The highest BCUT2D eigenvalue weighted by atomic mass is 16.2. The molecule has 1 aliphatic heterocycles. The SMILES string of the molecule is CCCC(C(N)=O)C(CC(C)C)C(=O)N1CCN(c2ccccc2)C(C)C1. The fraction of sp³-hybridized carbons (Fsp3) is 0.636. The Morgan fingerprint density at radius 3 is 2.33 bits per heavy atom. The van der Waals surface area contributed by atoms with Gasteiger partial charge in [-0.15, -0.1) is 0 Å². The summed E-state index contributed by atoms with van der Waals surface area (Å²) in [7, 11) is 0. The van der Waals surface area contributed by atoms with Crippen LogP contribution in [0.3, 0.4) is 0 Å². The van der Waals surface area contributed by atoms with E-state index in [1.807, 2.05) is 30.0 Å². The van der Waals surface area contributed by atoms with Crippen LogP contribution in [-0.4, -0.2) is 42.4 Å². The summed E-state index contributed by atoms with van der Waals surface area (Å²) >= 11 is 0. The van der Waals surface area contributed by atoms with E-state index in [0.717, 1.165) is 13.0 Å². The van der Waals surface area contributed by atoms with E-state index in [2.05, 4.69) is 37.8 Å². The molecule has 2 amide bonds. The zero-order chi connectivity index (χ0) is 20.0. The summed E-state index contributed by atoms with van der Waals surface area (Å²) in [4.78, 5) is 29.7. The molecule has 0 saturated carbocycles. The summed E-state index contributed by atoms with van der Waals surface area (Å²) in [5.41, 5.74) is 6.87. The Morgan fingerprint density at radius 1 is 1.15 bits per heavy atom. The Morgan fingerprint density at radius 2 is 1.81 bits per heavy atom. The van der Waals surface area contributed by atoms with Gasteiger partial charge in [-0.05, 0) is 37.8 Å². The first-order chi connectivity index (χ1) is 12.8. The van der Waals surface area contributed by atoms with Crippen molar-refractivity contribution in [3.63, 3.8) is 0 Å². The molecule has 0 aromatic heterocycles. The number of primary amides is 1. The van der Waals surface area contributed by atoms with Gasteiger partial charge in [0, 0.05) is 43.2 Å². The van der Waals surface area contributed by atoms with Gasteiger partial charge in [0.05, 0.1) is 0 Å². The number of carbonyl (C=O) groups excluding carboxylic acids is 2. The Bertz CT molecular complexity index is 617. The molecule has 0 bridgehead atoms. The molecule has 5 heteroatoms. The average Bonchev–Trinajstić information content (AvgIpc) is 2.64. The molecule has 1 aromatic rings. The first kappa shape index (κ1) is 21.3. The molecule has 1 aromatic carbocycles. The maximum Gasteiger partial charge on any atom is 0.226 e. The van der Waals surface area contributed by atoms with Crippen molar-refractivity contribution in [3.8, 4) is 0 Å². The Kier molecular flexibility index (Phi) is 7.69. The lowest BCUT2D eigenvalue weighted by Crippen LogP contribution is -2.56. The van der Waals surface area contributed by atoms with Gasteiger partial charge in [-0.1, -0.05) is 45.4 Å². The van der Waals surface area contributed by atoms with Gasteiger partial charge in [0.2, 0.25) is 11.8 Å². The third kappa shape index (κ3) is 5.47. The smallest absolute Gasteiger partial charge is 0.226 e. The molecule has 1 saturated heterocycles. The molecule has 3 atom stereocenters. The van der Waals surface area contributed by atoms with Crippen molar-refractivity contribution in [2.45, 2.75) is 53.0 Å². The van der Waals surface area contributed by atoms with E-state index in [1.165, 1.54) is 5.69 Å². The summed E-state index contributed by atoms with van der Waals surface area (Å²) < 4.78 is 0. The van der Waals surface area contributed by atoms with Gasteiger partial charge in [-0.3, -0.25) is 9.59 Å². The van der Waals surface area contributed by atoms with Crippen LogP contribution in [0.4, 0.5) is 5.69 Å². The van der Waals surface area contributed by atoms with Crippen LogP contribution in [0.15, 0.2) is 30.3 Å². The standard InChI is InChI=1S/C22H35N3O2/c1-5-9-19(21(23)26)20(14-16(2)3)22(27)24-12-13-25(17(4)15-24)18-10-7-6-8-11-18/h6-8,10-11,16-17,19-20H,5,9,12-15H2,1-4H3,(H2,23,26). The van der Waals surface area contributed by atoms with Crippen LogP contribution in [0.25, 0.3) is 0 Å². The molecule has 5 nitrogen and oxygen atoms in total. The first-order valence-corrected chi connectivity index (χ1v) is 10.2. The van der Waals surface area contributed by atoms with Crippen molar-refractivity contribution < 1.29 is 9.59 Å². The highest BCUT2D eigenvalue weighted by molar-refractivity contribution is 5.87.